The van der Waals surface area contributed by atoms with Gasteiger partial charge in [0.2, 0.25) is 8.87 Å². The Hall–Kier alpha value is -0.400. The Labute approximate surface area is 181 Å². The summed E-state index contributed by atoms with van der Waals surface area (Å²) in [7, 11) is -3.09. The summed E-state index contributed by atoms with van der Waals surface area (Å²) in [6.45, 7) is 9.09. The van der Waals surface area contributed by atoms with Gasteiger partial charge in [0.05, 0.1) is 6.61 Å². The first-order valence-electron chi connectivity index (χ1n) is 10.4. The van der Waals surface area contributed by atoms with Crippen LogP contribution in [0.15, 0.2) is 12.7 Å². The van der Waals surface area contributed by atoms with E-state index in [0.29, 0.717) is 23.6 Å². The zero-order valence-corrected chi connectivity index (χ0v) is 20.3. The van der Waals surface area contributed by atoms with Gasteiger partial charge in [-0.1, -0.05) is 83.0 Å². The number of rotatable bonds is 17. The topological polar surface area (TPSA) is 60.4 Å². The first kappa shape index (κ1) is 27.6. The van der Waals surface area contributed by atoms with Crippen molar-refractivity contribution in [3.05, 3.63) is 12.7 Å². The minimum atomic E-state index is -3.68. The second kappa shape index (κ2) is 15.4. The first-order chi connectivity index (χ1) is 13.2. The fourth-order valence-electron chi connectivity index (χ4n) is 2.65. The third-order valence-corrected chi connectivity index (χ3v) is 9.63. The van der Waals surface area contributed by atoms with Crippen LogP contribution in [0, 0.1) is 0 Å². The molecule has 0 heterocycles. The number of carbonyl (C=O) groups excluding carboxylic acids is 1. The van der Waals surface area contributed by atoms with Gasteiger partial charge in [0.1, 0.15) is 8.94 Å². The lowest BCUT2D eigenvalue weighted by molar-refractivity contribution is -0.145. The van der Waals surface area contributed by atoms with Crippen molar-refractivity contribution >= 4 is 42.0 Å². The molecule has 4 nitrogen and oxygen atoms in total. The molecule has 0 radical (unpaired) electrons. The van der Waals surface area contributed by atoms with E-state index in [1.54, 1.807) is 19.9 Å². The Bertz CT molecular complexity index is 568. The van der Waals surface area contributed by atoms with Gasteiger partial charge in [-0.15, -0.1) is 6.58 Å². The van der Waals surface area contributed by atoms with Gasteiger partial charge in [0, 0.05) is 0 Å². The van der Waals surface area contributed by atoms with Gasteiger partial charge in [-0.2, -0.15) is 0 Å². The Kier molecular flexibility index (Phi) is 15.2. The van der Waals surface area contributed by atoms with Crippen molar-refractivity contribution in [2.24, 2.45) is 0 Å². The molecule has 0 aliphatic rings. The summed E-state index contributed by atoms with van der Waals surface area (Å²) in [6, 6.07) is 0. The average Bonchev–Trinajstić information content (AvgIpc) is 2.62. The molecule has 0 aromatic rings. The van der Waals surface area contributed by atoms with Gasteiger partial charge in [-0.3, -0.25) is 4.79 Å². The number of carbonyl (C=O) groups is 1. The second-order valence-electron chi connectivity index (χ2n) is 7.57. The number of ether oxygens (including phenoxy) is 1. The van der Waals surface area contributed by atoms with Gasteiger partial charge < -0.3 is 4.74 Å². The SMILES string of the molecule is C=CCCOC(=O)C(C)(C)SS(=O)(=O)C(=S)CCCCCCCCCCCC. The van der Waals surface area contributed by atoms with Gasteiger partial charge >= 0.3 is 5.97 Å². The maximum absolute atomic E-state index is 12.5. The smallest absolute Gasteiger partial charge is 0.322 e. The molecule has 0 aliphatic heterocycles. The second-order valence-corrected chi connectivity index (χ2v) is 12.7. The lowest BCUT2D eigenvalue weighted by Crippen LogP contribution is -2.33. The van der Waals surface area contributed by atoms with Crippen molar-refractivity contribution in [1.82, 2.24) is 0 Å². The molecule has 0 unspecified atom stereocenters. The van der Waals surface area contributed by atoms with Gasteiger partial charge in [-0.05, 0) is 43.9 Å². The van der Waals surface area contributed by atoms with E-state index in [9.17, 15) is 13.2 Å². The van der Waals surface area contributed by atoms with Crippen LogP contribution in [0.3, 0.4) is 0 Å². The highest BCUT2D eigenvalue weighted by Crippen LogP contribution is 2.33. The van der Waals surface area contributed by atoms with Gasteiger partial charge in [0.15, 0.2) is 0 Å². The lowest BCUT2D eigenvalue weighted by Gasteiger charge is -2.21. The van der Waals surface area contributed by atoms with Crippen LogP contribution in [0.1, 0.15) is 97.8 Å². The van der Waals surface area contributed by atoms with Crippen LogP contribution >= 0.6 is 23.0 Å². The average molecular weight is 451 g/mol. The van der Waals surface area contributed by atoms with Crippen LogP contribution in [0.2, 0.25) is 0 Å². The zero-order valence-electron chi connectivity index (χ0n) is 17.8. The minimum absolute atomic E-state index is 0.0315. The van der Waals surface area contributed by atoms with Crippen molar-refractivity contribution in [2.45, 2.75) is 103 Å². The number of hydrogen-bond acceptors (Lipinski definition) is 6. The first-order valence-corrected chi connectivity index (χ1v) is 13.7. The Morgan fingerprint density at radius 2 is 1.54 bits per heavy atom. The fraction of sp³-hybridized carbons (Fsp3) is 0.810. The zero-order chi connectivity index (χ0) is 21.5. The molecule has 0 spiro atoms. The van der Waals surface area contributed by atoms with E-state index in [2.05, 4.69) is 13.5 Å². The molecule has 0 rings (SSSR count). The molecule has 28 heavy (non-hydrogen) atoms. The van der Waals surface area contributed by atoms with E-state index in [-0.39, 0.29) is 10.8 Å². The van der Waals surface area contributed by atoms with Crippen molar-refractivity contribution in [3.8, 4) is 0 Å². The van der Waals surface area contributed by atoms with E-state index >= 15 is 0 Å². The highest BCUT2D eigenvalue weighted by molar-refractivity contribution is 8.79. The minimum Gasteiger partial charge on any atom is -0.464 e. The predicted octanol–water partition coefficient (Wildman–Crippen LogP) is 6.59. The molecule has 0 fully saturated rings. The molecule has 0 bridgehead atoms. The summed E-state index contributed by atoms with van der Waals surface area (Å²) in [4.78, 5) is 12.1. The summed E-state index contributed by atoms with van der Waals surface area (Å²) < 4.78 is 28.9. The van der Waals surface area contributed by atoms with Crippen molar-refractivity contribution < 1.29 is 17.9 Å². The largest absolute Gasteiger partial charge is 0.464 e. The Morgan fingerprint density at radius 3 is 2.04 bits per heavy atom. The summed E-state index contributed by atoms with van der Waals surface area (Å²) in [5.74, 6) is -0.551. The number of unbranched alkanes of at least 4 members (excludes halogenated alkanes) is 9. The van der Waals surface area contributed by atoms with Crippen molar-refractivity contribution in [2.75, 3.05) is 6.61 Å². The van der Waals surface area contributed by atoms with Crippen LogP contribution in [0.25, 0.3) is 0 Å². The van der Waals surface area contributed by atoms with Gasteiger partial charge in [0.25, 0.3) is 0 Å². The van der Waals surface area contributed by atoms with E-state index in [1.807, 2.05) is 0 Å². The van der Waals surface area contributed by atoms with Crippen LogP contribution in [-0.4, -0.2) is 29.9 Å². The van der Waals surface area contributed by atoms with E-state index < -0.39 is 19.6 Å². The molecule has 0 amide bonds. The predicted molar refractivity (Wildman–Crippen MR) is 125 cm³/mol. The van der Waals surface area contributed by atoms with Crippen LogP contribution < -0.4 is 0 Å². The molecule has 164 valence electrons. The quantitative estimate of drug-likeness (QED) is 0.0819. The van der Waals surface area contributed by atoms with E-state index in [0.717, 1.165) is 19.3 Å². The molecule has 7 heteroatoms. The monoisotopic (exact) mass is 450 g/mol. The lowest BCUT2D eigenvalue weighted by atomic mass is 10.1. The number of esters is 1. The standard InChI is InChI=1S/C21H38O4S3/c1-5-7-9-10-11-12-13-14-15-16-17-19(26)28(23,24)27-21(3,4)20(22)25-18-8-6-2/h6H,2,5,7-18H2,1,3-4H3. The van der Waals surface area contributed by atoms with E-state index in [1.165, 1.54) is 44.9 Å². The normalized spacial score (nSPS) is 12.0. The van der Waals surface area contributed by atoms with Crippen LogP contribution in [-0.2, 0) is 18.4 Å². The maximum Gasteiger partial charge on any atom is 0.322 e. The third kappa shape index (κ3) is 12.9. The van der Waals surface area contributed by atoms with Crippen LogP contribution in [0.4, 0.5) is 0 Å². The summed E-state index contributed by atoms with van der Waals surface area (Å²) in [5, 5.41) is 0. The molecule has 0 N–H and O–H groups in total. The molecule has 0 aromatic heterocycles. The molecule has 0 saturated heterocycles. The maximum atomic E-state index is 12.5. The summed E-state index contributed by atoms with van der Waals surface area (Å²) in [5.41, 5.74) is 0. The summed E-state index contributed by atoms with van der Waals surface area (Å²) in [6.07, 6.45) is 14.4. The van der Waals surface area contributed by atoms with E-state index in [4.69, 9.17) is 17.0 Å². The van der Waals surface area contributed by atoms with Gasteiger partial charge in [-0.25, -0.2) is 8.42 Å². The molecule has 0 aromatic carbocycles. The van der Waals surface area contributed by atoms with Crippen molar-refractivity contribution in [1.29, 1.82) is 0 Å². The molecule has 0 saturated carbocycles. The highest BCUT2D eigenvalue weighted by Gasteiger charge is 2.37. The molecule has 0 atom stereocenters. The number of hydrogen-bond donors (Lipinski definition) is 0. The molecule has 0 aliphatic carbocycles. The molecular formula is C21H38O4S3. The third-order valence-electron chi connectivity index (χ3n) is 4.38. The Balaban J connectivity index is 4.10. The number of thiocarbonyl (C=S) groups is 1. The molecular weight excluding hydrogens is 412 g/mol. The highest BCUT2D eigenvalue weighted by atomic mass is 33.1. The van der Waals surface area contributed by atoms with Crippen molar-refractivity contribution in [3.63, 3.8) is 0 Å². The summed E-state index contributed by atoms with van der Waals surface area (Å²) >= 11 is 5.14. The fourth-order valence-corrected chi connectivity index (χ4v) is 6.64. The van der Waals surface area contributed by atoms with Crippen LogP contribution in [0.5, 0.6) is 0 Å². The Morgan fingerprint density at radius 1 is 1.04 bits per heavy atom.